The lowest BCUT2D eigenvalue weighted by Gasteiger charge is -2.21. The van der Waals surface area contributed by atoms with Crippen molar-refractivity contribution in [3.05, 3.63) is 93.7 Å². The Kier molecular flexibility index (Phi) is 6.80. The van der Waals surface area contributed by atoms with Gasteiger partial charge in [0.1, 0.15) is 0 Å². The fourth-order valence-electron chi connectivity index (χ4n) is 3.14. The maximum atomic E-state index is 12.6. The van der Waals surface area contributed by atoms with Crippen LogP contribution >= 0.6 is 11.3 Å². The fraction of sp³-hybridized carbons (Fsp3) is 0.261. The summed E-state index contributed by atoms with van der Waals surface area (Å²) in [6, 6.07) is 22.8. The van der Waals surface area contributed by atoms with Crippen LogP contribution in [0.3, 0.4) is 0 Å². The number of hydrogen-bond acceptors (Lipinski definition) is 3. The van der Waals surface area contributed by atoms with Gasteiger partial charge in [-0.1, -0.05) is 73.2 Å². The average molecular weight is 379 g/mol. The molecule has 0 unspecified atom stereocenters. The monoisotopic (exact) mass is 378 g/mol. The van der Waals surface area contributed by atoms with Crippen molar-refractivity contribution < 1.29 is 4.79 Å². The Bertz CT molecular complexity index is 829. The van der Waals surface area contributed by atoms with Crippen LogP contribution in [0, 0.1) is 6.92 Å². The summed E-state index contributed by atoms with van der Waals surface area (Å²) >= 11 is 1.70. The van der Waals surface area contributed by atoms with Crippen LogP contribution in [0.25, 0.3) is 0 Å². The largest absolute Gasteiger partial charge is 0.348 e. The molecule has 0 fully saturated rings. The predicted molar refractivity (Wildman–Crippen MR) is 113 cm³/mol. The third-order valence-electron chi connectivity index (χ3n) is 4.65. The van der Waals surface area contributed by atoms with Gasteiger partial charge in [-0.3, -0.25) is 10.1 Å². The normalized spacial score (nSPS) is 13.1. The highest BCUT2D eigenvalue weighted by molar-refractivity contribution is 7.10. The molecule has 1 heterocycles. The number of benzene rings is 2. The highest BCUT2D eigenvalue weighted by atomic mass is 32.1. The summed E-state index contributed by atoms with van der Waals surface area (Å²) < 4.78 is 0. The molecule has 0 saturated carbocycles. The summed E-state index contributed by atoms with van der Waals surface area (Å²) in [4.78, 5) is 13.8. The molecule has 2 atom stereocenters. The lowest BCUT2D eigenvalue weighted by atomic mass is 10.0. The van der Waals surface area contributed by atoms with E-state index >= 15 is 0 Å². The van der Waals surface area contributed by atoms with Crippen molar-refractivity contribution in [2.75, 3.05) is 6.54 Å². The Labute approximate surface area is 165 Å². The first-order valence-corrected chi connectivity index (χ1v) is 10.2. The standard InChI is InChI=1S/C23H26N2OS/c1-3-20(18-13-11-17(2)12-14-18)25-22(26)16-24-23(21-10-7-15-27-21)19-8-5-4-6-9-19/h4-15,20,23-24H,3,16H2,1-2H3,(H,25,26)/t20-,23+/m0/s1. The van der Waals surface area contributed by atoms with Gasteiger partial charge in [-0.2, -0.15) is 0 Å². The number of hydrogen-bond donors (Lipinski definition) is 2. The number of thiophene rings is 1. The van der Waals surface area contributed by atoms with Gasteiger partial charge in [0.2, 0.25) is 5.91 Å². The minimum Gasteiger partial charge on any atom is -0.348 e. The number of amides is 1. The molecule has 0 aliphatic carbocycles. The maximum absolute atomic E-state index is 12.6. The molecule has 0 saturated heterocycles. The highest BCUT2D eigenvalue weighted by Crippen LogP contribution is 2.25. The average Bonchev–Trinajstić information content (AvgIpc) is 3.22. The van der Waals surface area contributed by atoms with E-state index in [1.165, 1.54) is 16.0 Å². The van der Waals surface area contributed by atoms with Crippen LogP contribution in [0.2, 0.25) is 0 Å². The van der Waals surface area contributed by atoms with E-state index < -0.39 is 0 Å². The van der Waals surface area contributed by atoms with E-state index in [4.69, 9.17) is 0 Å². The number of carbonyl (C=O) groups is 1. The van der Waals surface area contributed by atoms with Crippen molar-refractivity contribution in [1.29, 1.82) is 0 Å². The molecular formula is C23H26N2OS. The van der Waals surface area contributed by atoms with Crippen LogP contribution in [-0.2, 0) is 4.79 Å². The Morgan fingerprint density at radius 3 is 2.33 bits per heavy atom. The predicted octanol–water partition coefficient (Wildman–Crippen LogP) is 5.00. The van der Waals surface area contributed by atoms with E-state index in [-0.39, 0.29) is 24.5 Å². The van der Waals surface area contributed by atoms with Crippen molar-refractivity contribution in [3.63, 3.8) is 0 Å². The van der Waals surface area contributed by atoms with Crippen molar-refractivity contribution in [3.8, 4) is 0 Å². The van der Waals surface area contributed by atoms with Crippen molar-refractivity contribution in [1.82, 2.24) is 10.6 Å². The first-order valence-electron chi connectivity index (χ1n) is 9.35. The molecule has 140 valence electrons. The summed E-state index contributed by atoms with van der Waals surface area (Å²) in [5.74, 6) is 0.0138. The third kappa shape index (κ3) is 5.28. The third-order valence-corrected chi connectivity index (χ3v) is 5.59. The van der Waals surface area contributed by atoms with Crippen LogP contribution < -0.4 is 10.6 Å². The van der Waals surface area contributed by atoms with Crippen LogP contribution in [0.1, 0.15) is 47.0 Å². The van der Waals surface area contributed by atoms with Crippen molar-refractivity contribution in [2.24, 2.45) is 0 Å². The van der Waals surface area contributed by atoms with Gasteiger partial charge >= 0.3 is 0 Å². The van der Waals surface area contributed by atoms with E-state index in [1.54, 1.807) is 11.3 Å². The maximum Gasteiger partial charge on any atom is 0.234 e. The lowest BCUT2D eigenvalue weighted by Crippen LogP contribution is -2.37. The molecule has 27 heavy (non-hydrogen) atoms. The van der Waals surface area contributed by atoms with Gasteiger partial charge in [0, 0.05) is 4.88 Å². The van der Waals surface area contributed by atoms with E-state index in [0.29, 0.717) is 0 Å². The van der Waals surface area contributed by atoms with E-state index in [2.05, 4.69) is 72.3 Å². The summed E-state index contributed by atoms with van der Waals surface area (Å²) in [7, 11) is 0. The Balaban J connectivity index is 1.64. The zero-order valence-corrected chi connectivity index (χ0v) is 16.6. The highest BCUT2D eigenvalue weighted by Gasteiger charge is 2.17. The van der Waals surface area contributed by atoms with Crippen LogP contribution in [0.4, 0.5) is 0 Å². The first kappa shape index (κ1) is 19.3. The van der Waals surface area contributed by atoms with Crippen molar-refractivity contribution in [2.45, 2.75) is 32.4 Å². The number of rotatable bonds is 8. The molecule has 0 radical (unpaired) electrons. The van der Waals surface area contributed by atoms with Gasteiger partial charge < -0.3 is 5.32 Å². The van der Waals surface area contributed by atoms with Gasteiger partial charge in [-0.05, 0) is 35.9 Å². The SMILES string of the molecule is CC[C@H](NC(=O)CN[C@H](c1ccccc1)c1cccs1)c1ccc(C)cc1. The minimum absolute atomic E-state index is 0.0138. The van der Waals surface area contributed by atoms with Gasteiger partial charge in [-0.25, -0.2) is 0 Å². The van der Waals surface area contributed by atoms with Crippen LogP contribution in [0.5, 0.6) is 0 Å². The molecule has 0 aliphatic rings. The second-order valence-corrected chi connectivity index (χ2v) is 7.66. The number of nitrogens with one attached hydrogen (secondary N) is 2. The second kappa shape index (κ2) is 9.49. The molecule has 3 nitrogen and oxygen atoms in total. The zero-order valence-electron chi connectivity index (χ0n) is 15.8. The second-order valence-electron chi connectivity index (χ2n) is 6.68. The van der Waals surface area contributed by atoms with E-state index in [9.17, 15) is 4.79 Å². The molecular weight excluding hydrogens is 352 g/mol. The van der Waals surface area contributed by atoms with Crippen LogP contribution in [-0.4, -0.2) is 12.5 Å². The summed E-state index contributed by atoms with van der Waals surface area (Å²) in [6.07, 6.45) is 0.863. The lowest BCUT2D eigenvalue weighted by molar-refractivity contribution is -0.121. The molecule has 0 spiro atoms. The quantitative estimate of drug-likeness (QED) is 0.579. The molecule has 2 N–H and O–H groups in total. The minimum atomic E-state index is 0.0138. The number of aryl methyl sites for hydroxylation is 1. The molecule has 1 amide bonds. The molecule has 3 aromatic rings. The Morgan fingerprint density at radius 1 is 0.963 bits per heavy atom. The van der Waals surface area contributed by atoms with Crippen LogP contribution in [0.15, 0.2) is 72.1 Å². The molecule has 3 rings (SSSR count). The van der Waals surface area contributed by atoms with Gasteiger partial charge in [0.05, 0.1) is 18.6 Å². The molecule has 1 aromatic heterocycles. The van der Waals surface area contributed by atoms with Gasteiger partial charge in [-0.15, -0.1) is 11.3 Å². The first-order chi connectivity index (χ1) is 13.2. The summed E-state index contributed by atoms with van der Waals surface area (Å²) in [6.45, 7) is 4.44. The van der Waals surface area contributed by atoms with Crippen molar-refractivity contribution >= 4 is 17.2 Å². The summed E-state index contributed by atoms with van der Waals surface area (Å²) in [5.41, 5.74) is 3.54. The fourth-order valence-corrected chi connectivity index (χ4v) is 3.97. The molecule has 4 heteroatoms. The van der Waals surface area contributed by atoms with Gasteiger partial charge in [0.15, 0.2) is 0 Å². The van der Waals surface area contributed by atoms with E-state index in [1.807, 2.05) is 24.3 Å². The molecule has 0 aliphatic heterocycles. The number of carbonyl (C=O) groups excluding carboxylic acids is 1. The molecule has 2 aromatic carbocycles. The zero-order chi connectivity index (χ0) is 19.1. The Hall–Kier alpha value is -2.43. The molecule has 0 bridgehead atoms. The smallest absolute Gasteiger partial charge is 0.234 e. The van der Waals surface area contributed by atoms with Gasteiger partial charge in [0.25, 0.3) is 0 Å². The summed E-state index contributed by atoms with van der Waals surface area (Å²) in [5, 5.41) is 8.65. The topological polar surface area (TPSA) is 41.1 Å². The van der Waals surface area contributed by atoms with E-state index in [0.717, 1.165) is 12.0 Å². The Morgan fingerprint density at radius 2 is 1.70 bits per heavy atom.